The highest BCUT2D eigenvalue weighted by Gasteiger charge is 2.06. The van der Waals surface area contributed by atoms with Crippen LogP contribution in [0.2, 0.25) is 0 Å². The predicted molar refractivity (Wildman–Crippen MR) is 62.4 cm³/mol. The van der Waals surface area contributed by atoms with Crippen molar-refractivity contribution in [3.05, 3.63) is 45.4 Å². The van der Waals surface area contributed by atoms with Crippen LogP contribution in [0.4, 0.5) is 5.82 Å². The molecule has 4 nitrogen and oxygen atoms in total. The summed E-state index contributed by atoms with van der Waals surface area (Å²) in [5.74, 6) is 0.321. The number of nitrogens with zero attached hydrogens (tertiary/aromatic N) is 1. The lowest BCUT2D eigenvalue weighted by molar-refractivity contribution is 1.09. The normalized spacial score (nSPS) is 10.2. The number of nitrogen functional groups attached to an aromatic ring is 1. The van der Waals surface area contributed by atoms with Crippen LogP contribution < -0.4 is 11.4 Å². The molecule has 0 aliphatic carbocycles. The van der Waals surface area contributed by atoms with Crippen molar-refractivity contribution < 1.29 is 0 Å². The maximum absolute atomic E-state index is 10.9. The van der Waals surface area contributed by atoms with E-state index in [9.17, 15) is 4.79 Å². The Kier molecular flexibility index (Phi) is 2.55. The second kappa shape index (κ2) is 3.86. The highest BCUT2D eigenvalue weighted by atomic mass is 79.9. The van der Waals surface area contributed by atoms with Crippen LogP contribution in [0.5, 0.6) is 0 Å². The second-order valence-corrected chi connectivity index (χ2v) is 3.85. The van der Waals surface area contributed by atoms with Crippen LogP contribution in [0.1, 0.15) is 0 Å². The molecule has 2 aromatic rings. The first-order valence-corrected chi connectivity index (χ1v) is 5.07. The number of hydrogen-bond acceptors (Lipinski definition) is 3. The van der Waals surface area contributed by atoms with Crippen molar-refractivity contribution >= 4 is 21.7 Å². The summed E-state index contributed by atoms with van der Waals surface area (Å²) in [6.45, 7) is 0. The largest absolute Gasteiger partial charge is 0.385 e. The first-order valence-electron chi connectivity index (χ1n) is 4.28. The number of rotatable bonds is 1. The summed E-state index contributed by atoms with van der Waals surface area (Å²) in [5, 5.41) is 0. The van der Waals surface area contributed by atoms with Gasteiger partial charge in [0.25, 0.3) is 0 Å². The number of nitrogens with two attached hydrogens (primary N) is 1. The molecule has 0 aliphatic heterocycles. The highest BCUT2D eigenvalue weighted by molar-refractivity contribution is 9.10. The molecule has 1 heterocycles. The van der Waals surface area contributed by atoms with Crippen molar-refractivity contribution in [1.29, 1.82) is 0 Å². The molecule has 15 heavy (non-hydrogen) atoms. The van der Waals surface area contributed by atoms with Crippen molar-refractivity contribution in [2.45, 2.75) is 0 Å². The van der Waals surface area contributed by atoms with Gasteiger partial charge in [-0.2, -0.15) is 0 Å². The Balaban J connectivity index is 2.65. The van der Waals surface area contributed by atoms with Crippen LogP contribution >= 0.6 is 15.9 Å². The van der Waals surface area contributed by atoms with Crippen LogP contribution in [-0.4, -0.2) is 9.97 Å². The summed E-state index contributed by atoms with van der Waals surface area (Å²) in [4.78, 5) is 17.0. The van der Waals surface area contributed by atoms with Crippen molar-refractivity contribution in [2.24, 2.45) is 0 Å². The van der Waals surface area contributed by atoms with Crippen molar-refractivity contribution in [2.75, 3.05) is 5.73 Å². The smallest absolute Gasteiger partial charge is 0.346 e. The Bertz CT molecular complexity index is 550. The van der Waals surface area contributed by atoms with E-state index in [1.807, 2.05) is 24.3 Å². The first-order chi connectivity index (χ1) is 7.18. The lowest BCUT2D eigenvalue weighted by Gasteiger charge is -2.05. The molecule has 0 unspecified atom stereocenters. The molecule has 1 aromatic heterocycles. The van der Waals surface area contributed by atoms with E-state index in [1.165, 1.54) is 6.20 Å². The number of anilines is 1. The van der Waals surface area contributed by atoms with Crippen molar-refractivity contribution in [1.82, 2.24) is 9.97 Å². The molecular weight excluding hydrogens is 258 g/mol. The molecule has 0 fully saturated rings. The molecule has 3 N–H and O–H groups in total. The quantitative estimate of drug-likeness (QED) is 0.826. The second-order valence-electron chi connectivity index (χ2n) is 3.00. The summed E-state index contributed by atoms with van der Waals surface area (Å²) >= 11 is 3.41. The lowest BCUT2D eigenvalue weighted by atomic mass is 10.1. The monoisotopic (exact) mass is 265 g/mol. The summed E-state index contributed by atoms with van der Waals surface area (Å²) in [6.07, 6.45) is 1.47. The van der Waals surface area contributed by atoms with Gasteiger partial charge in [0, 0.05) is 21.8 Å². The van der Waals surface area contributed by atoms with E-state index >= 15 is 0 Å². The molecule has 0 saturated carbocycles. The molecule has 2 rings (SSSR count). The number of hydrogen-bond donors (Lipinski definition) is 2. The summed E-state index contributed by atoms with van der Waals surface area (Å²) in [7, 11) is 0. The van der Waals surface area contributed by atoms with Gasteiger partial charge < -0.3 is 5.73 Å². The van der Waals surface area contributed by atoms with E-state index < -0.39 is 5.69 Å². The van der Waals surface area contributed by atoms with Gasteiger partial charge >= 0.3 is 5.69 Å². The Morgan fingerprint density at radius 3 is 2.67 bits per heavy atom. The molecule has 0 spiro atoms. The van der Waals surface area contributed by atoms with Gasteiger partial charge in [0.1, 0.15) is 5.82 Å². The zero-order valence-corrected chi connectivity index (χ0v) is 9.28. The minimum absolute atomic E-state index is 0.321. The van der Waals surface area contributed by atoms with Crippen LogP contribution in [-0.2, 0) is 0 Å². The average molecular weight is 266 g/mol. The third-order valence-electron chi connectivity index (χ3n) is 2.01. The fraction of sp³-hybridized carbons (Fsp3) is 0. The van der Waals surface area contributed by atoms with Crippen LogP contribution in [0.15, 0.2) is 39.7 Å². The molecule has 0 bridgehead atoms. The standard InChI is InChI=1S/C10H8BrN3O/c11-8-4-2-1-3-6(8)7-5-13-10(15)14-9(7)12/h1-5H,(H3,12,13,14,15). The van der Waals surface area contributed by atoms with Gasteiger partial charge in [-0.3, -0.25) is 4.98 Å². The van der Waals surface area contributed by atoms with E-state index in [-0.39, 0.29) is 0 Å². The number of aromatic amines is 1. The number of benzene rings is 1. The summed E-state index contributed by atoms with van der Waals surface area (Å²) < 4.78 is 0.908. The molecule has 0 saturated heterocycles. The molecule has 0 atom stereocenters. The van der Waals surface area contributed by atoms with Crippen molar-refractivity contribution in [3.63, 3.8) is 0 Å². The van der Waals surface area contributed by atoms with Crippen LogP contribution in [0, 0.1) is 0 Å². The fourth-order valence-electron chi connectivity index (χ4n) is 1.30. The SMILES string of the molecule is Nc1[nH]c(=O)ncc1-c1ccccc1Br. The first kappa shape index (κ1) is 9.92. The maximum Gasteiger partial charge on any atom is 0.346 e. The van der Waals surface area contributed by atoms with E-state index in [0.717, 1.165) is 10.0 Å². The van der Waals surface area contributed by atoms with Gasteiger partial charge in [-0.25, -0.2) is 9.78 Å². The topological polar surface area (TPSA) is 71.8 Å². The number of aromatic nitrogens is 2. The Morgan fingerprint density at radius 2 is 2.00 bits per heavy atom. The lowest BCUT2D eigenvalue weighted by Crippen LogP contribution is -2.12. The zero-order valence-electron chi connectivity index (χ0n) is 7.70. The third-order valence-corrected chi connectivity index (χ3v) is 2.70. The molecular formula is C10H8BrN3O. The molecule has 0 amide bonds. The van der Waals surface area contributed by atoms with Gasteiger partial charge in [0.2, 0.25) is 0 Å². The highest BCUT2D eigenvalue weighted by Crippen LogP contribution is 2.29. The summed E-state index contributed by atoms with van der Waals surface area (Å²) in [5.41, 5.74) is 6.88. The van der Waals surface area contributed by atoms with Crippen LogP contribution in [0.25, 0.3) is 11.1 Å². The number of H-pyrrole nitrogens is 1. The average Bonchev–Trinajstić information content (AvgIpc) is 2.20. The van der Waals surface area contributed by atoms with Gasteiger partial charge in [0.15, 0.2) is 0 Å². The third kappa shape index (κ3) is 1.92. The van der Waals surface area contributed by atoms with E-state index in [4.69, 9.17) is 5.73 Å². The Hall–Kier alpha value is -1.62. The number of halogens is 1. The summed E-state index contributed by atoms with van der Waals surface area (Å²) in [6, 6.07) is 7.60. The van der Waals surface area contributed by atoms with Crippen molar-refractivity contribution in [3.8, 4) is 11.1 Å². The Morgan fingerprint density at radius 1 is 1.27 bits per heavy atom. The van der Waals surface area contributed by atoms with Gasteiger partial charge in [-0.05, 0) is 6.07 Å². The molecule has 0 radical (unpaired) electrons. The molecule has 1 aromatic carbocycles. The Labute approximate surface area is 94.3 Å². The molecule has 5 heteroatoms. The fourth-order valence-corrected chi connectivity index (χ4v) is 1.80. The van der Waals surface area contributed by atoms with E-state index in [2.05, 4.69) is 25.9 Å². The molecule has 76 valence electrons. The van der Waals surface area contributed by atoms with Crippen LogP contribution in [0.3, 0.4) is 0 Å². The minimum atomic E-state index is -0.441. The van der Waals surface area contributed by atoms with Gasteiger partial charge in [-0.15, -0.1) is 0 Å². The number of nitrogens with one attached hydrogen (secondary N) is 1. The van der Waals surface area contributed by atoms with Gasteiger partial charge in [0.05, 0.1) is 0 Å². The zero-order chi connectivity index (χ0) is 10.8. The maximum atomic E-state index is 10.9. The van der Waals surface area contributed by atoms with E-state index in [0.29, 0.717) is 11.4 Å². The molecule has 0 aliphatic rings. The minimum Gasteiger partial charge on any atom is -0.385 e. The van der Waals surface area contributed by atoms with Gasteiger partial charge in [-0.1, -0.05) is 34.1 Å². The van der Waals surface area contributed by atoms with E-state index in [1.54, 1.807) is 0 Å². The predicted octanol–water partition coefficient (Wildman–Crippen LogP) is 1.78.